The van der Waals surface area contributed by atoms with E-state index in [1.165, 1.54) is 0 Å². The molecule has 26 heavy (non-hydrogen) atoms. The summed E-state index contributed by atoms with van der Waals surface area (Å²) in [6.45, 7) is 9.54. The van der Waals surface area contributed by atoms with Crippen LogP contribution in [0.15, 0.2) is 30.5 Å². The SMILES string of the molecule is COCCn1c(C)cc(C(=O)CN2CCN(c3ccccn3)CC2)c1C. The molecule has 0 radical (unpaired) electrons. The first-order chi connectivity index (χ1) is 12.6. The van der Waals surface area contributed by atoms with Gasteiger partial charge in [0.25, 0.3) is 0 Å². The average Bonchev–Trinajstić information content (AvgIpc) is 2.95. The van der Waals surface area contributed by atoms with Crippen molar-refractivity contribution in [3.63, 3.8) is 0 Å². The number of carbonyl (C=O) groups is 1. The maximum atomic E-state index is 12.8. The lowest BCUT2D eigenvalue weighted by Crippen LogP contribution is -2.48. The van der Waals surface area contributed by atoms with E-state index in [4.69, 9.17) is 4.74 Å². The minimum Gasteiger partial charge on any atom is -0.383 e. The first-order valence-corrected chi connectivity index (χ1v) is 9.17. The second kappa shape index (κ2) is 8.47. The first kappa shape index (κ1) is 18.6. The zero-order valence-electron chi connectivity index (χ0n) is 15.9. The average molecular weight is 356 g/mol. The van der Waals surface area contributed by atoms with Gasteiger partial charge in [-0.25, -0.2) is 4.98 Å². The van der Waals surface area contributed by atoms with Gasteiger partial charge in [0.1, 0.15) is 5.82 Å². The Kier molecular flexibility index (Phi) is 6.06. The molecule has 1 fully saturated rings. The lowest BCUT2D eigenvalue weighted by Gasteiger charge is -2.35. The molecular formula is C20H28N4O2. The second-order valence-corrected chi connectivity index (χ2v) is 6.80. The number of Topliss-reactive ketones (excluding diaryl/α,β-unsaturated/α-hetero) is 1. The molecule has 1 saturated heterocycles. The van der Waals surface area contributed by atoms with Gasteiger partial charge < -0.3 is 14.2 Å². The van der Waals surface area contributed by atoms with E-state index in [1.54, 1.807) is 7.11 Å². The Morgan fingerprint density at radius 2 is 1.96 bits per heavy atom. The summed E-state index contributed by atoms with van der Waals surface area (Å²) >= 11 is 0. The number of ketones is 1. The van der Waals surface area contributed by atoms with Crippen LogP contribution in [0.5, 0.6) is 0 Å². The van der Waals surface area contributed by atoms with Crippen molar-refractivity contribution in [2.75, 3.05) is 51.3 Å². The molecule has 0 amide bonds. The number of hydrogen-bond donors (Lipinski definition) is 0. The van der Waals surface area contributed by atoms with Gasteiger partial charge in [0.15, 0.2) is 5.78 Å². The van der Waals surface area contributed by atoms with Gasteiger partial charge in [0.05, 0.1) is 13.2 Å². The van der Waals surface area contributed by atoms with Crippen LogP contribution in [0, 0.1) is 13.8 Å². The predicted molar refractivity (Wildman–Crippen MR) is 103 cm³/mol. The molecule has 2 aromatic rings. The van der Waals surface area contributed by atoms with Gasteiger partial charge >= 0.3 is 0 Å². The normalized spacial score (nSPS) is 15.4. The first-order valence-electron chi connectivity index (χ1n) is 9.17. The van der Waals surface area contributed by atoms with E-state index >= 15 is 0 Å². The fourth-order valence-corrected chi connectivity index (χ4v) is 3.57. The third kappa shape index (κ3) is 4.14. The fourth-order valence-electron chi connectivity index (χ4n) is 3.57. The van der Waals surface area contributed by atoms with Crippen molar-refractivity contribution in [2.24, 2.45) is 0 Å². The molecule has 0 bridgehead atoms. The molecule has 6 nitrogen and oxygen atoms in total. The molecule has 1 aliphatic rings. The summed E-state index contributed by atoms with van der Waals surface area (Å²) in [6, 6.07) is 7.99. The number of nitrogens with zero attached hydrogens (tertiary/aromatic N) is 4. The van der Waals surface area contributed by atoms with Crippen LogP contribution >= 0.6 is 0 Å². The Balaban J connectivity index is 1.58. The van der Waals surface area contributed by atoms with Crippen LogP contribution in [-0.2, 0) is 11.3 Å². The van der Waals surface area contributed by atoms with Gasteiger partial charge in [-0.05, 0) is 32.0 Å². The molecule has 0 N–H and O–H groups in total. The van der Waals surface area contributed by atoms with E-state index < -0.39 is 0 Å². The summed E-state index contributed by atoms with van der Waals surface area (Å²) in [7, 11) is 1.70. The van der Waals surface area contributed by atoms with Crippen molar-refractivity contribution in [2.45, 2.75) is 20.4 Å². The lowest BCUT2D eigenvalue weighted by molar-refractivity contribution is 0.0925. The number of hydrogen-bond acceptors (Lipinski definition) is 5. The molecular weight excluding hydrogens is 328 g/mol. The number of aromatic nitrogens is 2. The number of carbonyl (C=O) groups excluding carboxylic acids is 1. The topological polar surface area (TPSA) is 50.6 Å². The Morgan fingerprint density at radius 1 is 1.19 bits per heavy atom. The Hall–Kier alpha value is -2.18. The maximum absolute atomic E-state index is 12.8. The Labute approximate surface area is 155 Å². The zero-order valence-corrected chi connectivity index (χ0v) is 15.9. The molecule has 0 saturated carbocycles. The van der Waals surface area contributed by atoms with Gasteiger partial charge in [0, 0.05) is 63.0 Å². The van der Waals surface area contributed by atoms with Crippen molar-refractivity contribution in [1.82, 2.24) is 14.5 Å². The van der Waals surface area contributed by atoms with Gasteiger partial charge in [-0.2, -0.15) is 0 Å². The number of pyridine rings is 1. The highest BCUT2D eigenvalue weighted by Crippen LogP contribution is 2.17. The van der Waals surface area contributed by atoms with Gasteiger partial charge in [-0.3, -0.25) is 9.69 Å². The summed E-state index contributed by atoms with van der Waals surface area (Å²) in [5.74, 6) is 1.22. The van der Waals surface area contributed by atoms with E-state index in [0.29, 0.717) is 13.2 Å². The lowest BCUT2D eigenvalue weighted by atomic mass is 10.1. The van der Waals surface area contributed by atoms with Crippen molar-refractivity contribution in [3.05, 3.63) is 47.4 Å². The Morgan fingerprint density at radius 3 is 2.62 bits per heavy atom. The number of methoxy groups -OCH3 is 1. The number of piperazine rings is 1. The van der Waals surface area contributed by atoms with E-state index in [1.807, 2.05) is 44.3 Å². The summed E-state index contributed by atoms with van der Waals surface area (Å²) in [4.78, 5) is 21.7. The van der Waals surface area contributed by atoms with E-state index in [-0.39, 0.29) is 5.78 Å². The van der Waals surface area contributed by atoms with Crippen LogP contribution in [0.4, 0.5) is 5.82 Å². The highest BCUT2D eigenvalue weighted by molar-refractivity contribution is 5.99. The standard InChI is InChI=1S/C20H28N4O2/c1-16-14-18(17(2)24(16)12-13-26-3)19(25)15-22-8-10-23(11-9-22)20-6-4-5-7-21-20/h4-7,14H,8-13,15H2,1-3H3. The van der Waals surface area contributed by atoms with Crippen molar-refractivity contribution >= 4 is 11.6 Å². The third-order valence-electron chi connectivity index (χ3n) is 5.11. The molecule has 2 aromatic heterocycles. The van der Waals surface area contributed by atoms with Crippen LogP contribution in [0.2, 0.25) is 0 Å². The second-order valence-electron chi connectivity index (χ2n) is 6.80. The van der Waals surface area contributed by atoms with Gasteiger partial charge in [-0.1, -0.05) is 6.07 Å². The molecule has 6 heteroatoms. The van der Waals surface area contributed by atoms with Crippen LogP contribution in [0.25, 0.3) is 0 Å². The molecule has 0 aromatic carbocycles. The van der Waals surface area contributed by atoms with Crippen molar-refractivity contribution in [3.8, 4) is 0 Å². The molecule has 1 aliphatic heterocycles. The molecule has 0 unspecified atom stereocenters. The van der Waals surface area contributed by atoms with Gasteiger partial charge in [0.2, 0.25) is 0 Å². The van der Waals surface area contributed by atoms with Crippen molar-refractivity contribution in [1.29, 1.82) is 0 Å². The monoisotopic (exact) mass is 356 g/mol. The zero-order chi connectivity index (χ0) is 18.5. The summed E-state index contributed by atoms with van der Waals surface area (Å²) < 4.78 is 7.33. The maximum Gasteiger partial charge on any atom is 0.178 e. The summed E-state index contributed by atoms with van der Waals surface area (Å²) in [6.07, 6.45) is 1.82. The van der Waals surface area contributed by atoms with E-state index in [2.05, 4.69) is 19.4 Å². The molecule has 0 aliphatic carbocycles. The minimum atomic E-state index is 0.202. The number of anilines is 1. The number of aryl methyl sites for hydroxylation is 1. The van der Waals surface area contributed by atoms with Crippen LogP contribution in [0.3, 0.4) is 0 Å². The minimum absolute atomic E-state index is 0.202. The number of rotatable bonds is 7. The molecule has 0 atom stereocenters. The van der Waals surface area contributed by atoms with Crippen LogP contribution in [0.1, 0.15) is 21.7 Å². The molecule has 140 valence electrons. The summed E-state index contributed by atoms with van der Waals surface area (Å²) in [5.41, 5.74) is 2.99. The molecule has 3 heterocycles. The smallest absolute Gasteiger partial charge is 0.178 e. The van der Waals surface area contributed by atoms with E-state index in [0.717, 1.165) is 55.5 Å². The molecule has 3 rings (SSSR count). The largest absolute Gasteiger partial charge is 0.383 e. The van der Waals surface area contributed by atoms with Crippen molar-refractivity contribution < 1.29 is 9.53 Å². The summed E-state index contributed by atoms with van der Waals surface area (Å²) in [5, 5.41) is 0. The van der Waals surface area contributed by atoms with E-state index in [9.17, 15) is 4.79 Å². The van der Waals surface area contributed by atoms with Gasteiger partial charge in [-0.15, -0.1) is 0 Å². The number of ether oxygens (including phenoxy) is 1. The predicted octanol–water partition coefficient (Wildman–Crippen LogP) is 2.15. The molecule has 0 spiro atoms. The Bertz CT molecular complexity index is 734. The highest BCUT2D eigenvalue weighted by Gasteiger charge is 2.22. The fraction of sp³-hybridized carbons (Fsp3) is 0.500. The van der Waals surface area contributed by atoms with Crippen LogP contribution in [-0.4, -0.2) is 66.7 Å². The highest BCUT2D eigenvalue weighted by atomic mass is 16.5. The quantitative estimate of drug-likeness (QED) is 0.712. The third-order valence-corrected chi connectivity index (χ3v) is 5.11. The van der Waals surface area contributed by atoms with Crippen LogP contribution < -0.4 is 4.90 Å².